The topological polar surface area (TPSA) is 90.1 Å². The second-order valence-electron chi connectivity index (χ2n) is 7.67. The standard InChI is InChI=1S/C22H22ClFN4O2S/c23-16-4-2-5-17(19(16)24)30-15-7-9-22(10-8-15,20(25)29)13-14-3-1-6-18(27-14)28-21-26-11-12-31-21/h1-6,11-12,15H,7-10,13H2,(H2,25,29)(H,26,27,28). The minimum Gasteiger partial charge on any atom is -0.487 e. The van der Waals surface area contributed by atoms with Crippen LogP contribution in [0.3, 0.4) is 0 Å². The summed E-state index contributed by atoms with van der Waals surface area (Å²) in [6, 6.07) is 10.3. The second kappa shape index (κ2) is 9.20. The smallest absolute Gasteiger partial charge is 0.224 e. The highest BCUT2D eigenvalue weighted by molar-refractivity contribution is 7.13. The number of thiazole rings is 1. The number of amides is 1. The molecule has 0 unspecified atom stereocenters. The average molecular weight is 461 g/mol. The summed E-state index contributed by atoms with van der Waals surface area (Å²) in [6.07, 6.45) is 4.22. The van der Waals surface area contributed by atoms with Crippen molar-refractivity contribution in [2.24, 2.45) is 11.1 Å². The van der Waals surface area contributed by atoms with Crippen molar-refractivity contribution in [1.82, 2.24) is 9.97 Å². The first kappa shape index (κ1) is 21.5. The van der Waals surface area contributed by atoms with Crippen LogP contribution in [0.5, 0.6) is 5.75 Å². The number of benzene rings is 1. The van der Waals surface area contributed by atoms with Crippen LogP contribution in [0.2, 0.25) is 5.02 Å². The Kier molecular flexibility index (Phi) is 6.38. The molecule has 1 aliphatic rings. The lowest BCUT2D eigenvalue weighted by atomic mass is 9.69. The predicted octanol–water partition coefficient (Wildman–Crippen LogP) is 5.11. The molecule has 1 amide bonds. The molecule has 6 nitrogen and oxygen atoms in total. The Morgan fingerprint density at radius 3 is 2.77 bits per heavy atom. The molecule has 0 saturated heterocycles. The van der Waals surface area contributed by atoms with Crippen LogP contribution in [0.1, 0.15) is 31.4 Å². The summed E-state index contributed by atoms with van der Waals surface area (Å²) in [4.78, 5) is 21.3. The van der Waals surface area contributed by atoms with Gasteiger partial charge >= 0.3 is 0 Å². The lowest BCUT2D eigenvalue weighted by Crippen LogP contribution is -2.44. The summed E-state index contributed by atoms with van der Waals surface area (Å²) in [5, 5.41) is 5.82. The van der Waals surface area contributed by atoms with Gasteiger partial charge in [-0.2, -0.15) is 0 Å². The van der Waals surface area contributed by atoms with E-state index in [1.54, 1.807) is 18.3 Å². The predicted molar refractivity (Wildman–Crippen MR) is 119 cm³/mol. The SMILES string of the molecule is NC(=O)C1(Cc2cccc(Nc3nccs3)n2)CCC(Oc2cccc(Cl)c2F)CC1. The molecule has 3 N–H and O–H groups in total. The summed E-state index contributed by atoms with van der Waals surface area (Å²) >= 11 is 7.32. The maximum Gasteiger partial charge on any atom is 0.224 e. The molecule has 0 radical (unpaired) electrons. The monoisotopic (exact) mass is 460 g/mol. The van der Waals surface area contributed by atoms with Crippen molar-refractivity contribution in [3.05, 3.63) is 64.5 Å². The van der Waals surface area contributed by atoms with Gasteiger partial charge in [0.15, 0.2) is 16.7 Å². The number of carbonyl (C=O) groups excluding carboxylic acids is 1. The van der Waals surface area contributed by atoms with Crippen molar-refractivity contribution < 1.29 is 13.9 Å². The Hall–Kier alpha value is -2.71. The van der Waals surface area contributed by atoms with Crippen LogP contribution >= 0.6 is 22.9 Å². The molecule has 2 aromatic heterocycles. The normalized spacial score (nSPS) is 20.9. The van der Waals surface area contributed by atoms with Crippen LogP contribution in [0, 0.1) is 11.2 Å². The Balaban J connectivity index is 1.43. The number of halogens is 2. The van der Waals surface area contributed by atoms with Gasteiger partial charge in [-0.15, -0.1) is 11.3 Å². The van der Waals surface area contributed by atoms with Crippen LogP contribution in [-0.4, -0.2) is 22.0 Å². The molecule has 9 heteroatoms. The van der Waals surface area contributed by atoms with E-state index in [-0.39, 0.29) is 22.8 Å². The molecule has 0 aliphatic heterocycles. The minimum atomic E-state index is -0.709. The van der Waals surface area contributed by atoms with Crippen LogP contribution in [0.25, 0.3) is 0 Å². The van der Waals surface area contributed by atoms with Crippen molar-refractivity contribution >= 4 is 39.8 Å². The van der Waals surface area contributed by atoms with E-state index in [2.05, 4.69) is 15.3 Å². The third-order valence-corrected chi connectivity index (χ3v) is 6.60. The van der Waals surface area contributed by atoms with Gasteiger partial charge in [-0.1, -0.05) is 23.7 Å². The highest BCUT2D eigenvalue weighted by Crippen LogP contribution is 2.40. The molecule has 2 heterocycles. The maximum atomic E-state index is 14.1. The molecule has 0 bridgehead atoms. The molecule has 0 spiro atoms. The molecule has 0 atom stereocenters. The van der Waals surface area contributed by atoms with Gasteiger partial charge in [0.05, 0.1) is 16.5 Å². The van der Waals surface area contributed by atoms with Gasteiger partial charge in [0, 0.05) is 23.7 Å². The summed E-state index contributed by atoms with van der Waals surface area (Å²) in [6.45, 7) is 0. The Morgan fingerprint density at radius 2 is 2.06 bits per heavy atom. The minimum absolute atomic E-state index is 0.0251. The van der Waals surface area contributed by atoms with Crippen molar-refractivity contribution in [3.8, 4) is 5.75 Å². The summed E-state index contributed by atoms with van der Waals surface area (Å²) in [5.74, 6) is -0.114. The van der Waals surface area contributed by atoms with E-state index in [0.717, 1.165) is 10.8 Å². The number of hydrogen-bond donors (Lipinski definition) is 2. The van der Waals surface area contributed by atoms with E-state index in [0.29, 0.717) is 37.9 Å². The van der Waals surface area contributed by atoms with Crippen LogP contribution in [0.15, 0.2) is 48.0 Å². The first-order chi connectivity index (χ1) is 14.9. The van der Waals surface area contributed by atoms with E-state index < -0.39 is 11.2 Å². The molecule has 1 saturated carbocycles. The average Bonchev–Trinajstić information content (AvgIpc) is 3.26. The van der Waals surface area contributed by atoms with Crippen molar-refractivity contribution in [2.45, 2.75) is 38.2 Å². The van der Waals surface area contributed by atoms with Crippen LogP contribution in [-0.2, 0) is 11.2 Å². The van der Waals surface area contributed by atoms with Gasteiger partial charge in [-0.05, 0) is 49.9 Å². The Morgan fingerprint density at radius 1 is 1.29 bits per heavy atom. The number of carbonyl (C=O) groups is 1. The van der Waals surface area contributed by atoms with Crippen LogP contribution < -0.4 is 15.8 Å². The van der Waals surface area contributed by atoms with Crippen molar-refractivity contribution in [2.75, 3.05) is 5.32 Å². The van der Waals surface area contributed by atoms with Gasteiger partial charge in [0.2, 0.25) is 5.91 Å². The quantitative estimate of drug-likeness (QED) is 0.511. The number of pyridine rings is 1. The first-order valence-corrected chi connectivity index (χ1v) is 11.2. The molecule has 31 heavy (non-hydrogen) atoms. The number of nitrogens with two attached hydrogens (primary N) is 1. The van der Waals surface area contributed by atoms with E-state index >= 15 is 0 Å². The summed E-state index contributed by atoms with van der Waals surface area (Å²) < 4.78 is 20.0. The van der Waals surface area contributed by atoms with Gasteiger partial charge in [0.25, 0.3) is 0 Å². The molecule has 4 rings (SSSR count). The highest BCUT2D eigenvalue weighted by Gasteiger charge is 2.41. The Labute approximate surface area is 188 Å². The number of anilines is 2. The summed E-state index contributed by atoms with van der Waals surface area (Å²) in [7, 11) is 0. The molecular formula is C22H22ClFN4O2S. The van der Waals surface area contributed by atoms with Gasteiger partial charge < -0.3 is 15.8 Å². The Bertz CT molecular complexity index is 1060. The second-order valence-corrected chi connectivity index (χ2v) is 8.97. The number of nitrogens with one attached hydrogen (secondary N) is 1. The zero-order valence-electron chi connectivity index (χ0n) is 16.7. The van der Waals surface area contributed by atoms with E-state index in [1.807, 2.05) is 23.6 Å². The maximum absolute atomic E-state index is 14.1. The van der Waals surface area contributed by atoms with Gasteiger partial charge in [-0.25, -0.2) is 14.4 Å². The first-order valence-electron chi connectivity index (χ1n) is 9.98. The largest absolute Gasteiger partial charge is 0.487 e. The zero-order valence-corrected chi connectivity index (χ0v) is 18.3. The fourth-order valence-electron chi connectivity index (χ4n) is 3.92. The number of aromatic nitrogens is 2. The van der Waals surface area contributed by atoms with Crippen molar-refractivity contribution in [1.29, 1.82) is 0 Å². The molecule has 162 valence electrons. The van der Waals surface area contributed by atoms with Crippen LogP contribution in [0.4, 0.5) is 15.3 Å². The van der Waals surface area contributed by atoms with E-state index in [1.165, 1.54) is 17.4 Å². The molecule has 1 aromatic carbocycles. The number of nitrogens with zero attached hydrogens (tertiary/aromatic N) is 2. The molecular weight excluding hydrogens is 439 g/mol. The zero-order chi connectivity index (χ0) is 21.8. The van der Waals surface area contributed by atoms with E-state index in [9.17, 15) is 9.18 Å². The summed E-state index contributed by atoms with van der Waals surface area (Å²) in [5.41, 5.74) is 5.90. The number of ether oxygens (including phenoxy) is 1. The molecule has 1 fully saturated rings. The number of primary amides is 1. The third-order valence-electron chi connectivity index (χ3n) is 5.62. The number of rotatable bonds is 7. The highest BCUT2D eigenvalue weighted by atomic mass is 35.5. The lowest BCUT2D eigenvalue weighted by Gasteiger charge is -2.37. The fraction of sp³-hybridized carbons (Fsp3) is 0.318. The fourth-order valence-corrected chi connectivity index (χ4v) is 4.62. The lowest BCUT2D eigenvalue weighted by molar-refractivity contribution is -0.130. The molecule has 3 aromatic rings. The number of hydrogen-bond acceptors (Lipinski definition) is 6. The van der Waals surface area contributed by atoms with Crippen molar-refractivity contribution in [3.63, 3.8) is 0 Å². The van der Waals surface area contributed by atoms with Gasteiger partial charge in [0.1, 0.15) is 5.82 Å². The van der Waals surface area contributed by atoms with Gasteiger partial charge in [-0.3, -0.25) is 4.79 Å². The van der Waals surface area contributed by atoms with E-state index in [4.69, 9.17) is 22.1 Å². The third kappa shape index (κ3) is 4.97. The molecule has 1 aliphatic carbocycles.